The molecule has 0 spiro atoms. The summed E-state index contributed by atoms with van der Waals surface area (Å²) in [6.45, 7) is 3.91. The molecule has 3 rings (SSSR count). The number of likely N-dealkylation sites (tertiary alicyclic amines) is 1. The molecule has 2 fully saturated rings. The summed E-state index contributed by atoms with van der Waals surface area (Å²) in [5.74, 6) is 0.159. The third kappa shape index (κ3) is 4.30. The highest BCUT2D eigenvalue weighted by molar-refractivity contribution is 6.30. The number of carbonyl (C=O) groups excluding carboxylic acids is 2. The van der Waals surface area contributed by atoms with Crippen molar-refractivity contribution < 1.29 is 9.59 Å². The molecule has 7 heteroatoms. The second-order valence-electron chi connectivity index (χ2n) is 5.77. The zero-order valence-electron chi connectivity index (χ0n) is 12.9. The lowest BCUT2D eigenvalue weighted by atomic mass is 10.2. The zero-order chi connectivity index (χ0) is 15.5. The van der Waals surface area contributed by atoms with E-state index in [4.69, 9.17) is 11.6 Å². The lowest BCUT2D eigenvalue weighted by Crippen LogP contribution is -2.51. The average Bonchev–Trinajstić information content (AvgIpc) is 2.92. The summed E-state index contributed by atoms with van der Waals surface area (Å²) in [4.78, 5) is 29.6. The molecule has 2 amide bonds. The van der Waals surface area contributed by atoms with E-state index in [-0.39, 0.29) is 30.8 Å². The fourth-order valence-electron chi connectivity index (χ4n) is 3.02. The Morgan fingerprint density at radius 1 is 1.13 bits per heavy atom. The fraction of sp³-hybridized carbons (Fsp3) is 0.500. The van der Waals surface area contributed by atoms with E-state index in [0.29, 0.717) is 26.1 Å². The van der Waals surface area contributed by atoms with Gasteiger partial charge in [-0.15, -0.1) is 12.4 Å². The van der Waals surface area contributed by atoms with Crippen molar-refractivity contribution in [2.24, 2.45) is 0 Å². The van der Waals surface area contributed by atoms with Gasteiger partial charge in [-0.3, -0.25) is 9.59 Å². The maximum Gasteiger partial charge on any atom is 0.242 e. The molecule has 0 bridgehead atoms. The molecular formula is C16H21Cl2N3O2. The summed E-state index contributed by atoms with van der Waals surface area (Å²) in [5.41, 5.74) is 1.09. The number of anilines is 1. The van der Waals surface area contributed by atoms with Gasteiger partial charge >= 0.3 is 0 Å². The van der Waals surface area contributed by atoms with Crippen molar-refractivity contribution in [3.63, 3.8) is 0 Å². The van der Waals surface area contributed by atoms with Gasteiger partial charge in [-0.25, -0.2) is 0 Å². The standard InChI is InChI=1S/C16H20ClN3O2.ClH/c17-13-3-1-4-14(11-13)18-7-9-19(10-8-18)16(22)12-20-6-2-5-15(20)21;/h1,3-4,11H,2,5-10,12H2;1H. The molecule has 0 unspecified atom stereocenters. The monoisotopic (exact) mass is 357 g/mol. The van der Waals surface area contributed by atoms with Crippen LogP contribution in [-0.4, -0.2) is 60.9 Å². The highest BCUT2D eigenvalue weighted by Gasteiger charge is 2.27. The number of nitrogens with zero attached hydrogens (tertiary/aromatic N) is 3. The molecule has 0 radical (unpaired) electrons. The minimum absolute atomic E-state index is 0. The van der Waals surface area contributed by atoms with Crippen molar-refractivity contribution in [1.29, 1.82) is 0 Å². The Kier molecular flexibility index (Phi) is 6.13. The molecule has 2 heterocycles. The third-order valence-corrected chi connectivity index (χ3v) is 4.54. The highest BCUT2D eigenvalue weighted by atomic mass is 35.5. The molecule has 1 aromatic rings. The predicted molar refractivity (Wildman–Crippen MR) is 93.3 cm³/mol. The van der Waals surface area contributed by atoms with Crippen LogP contribution in [0.3, 0.4) is 0 Å². The minimum Gasteiger partial charge on any atom is -0.368 e. The van der Waals surface area contributed by atoms with Crippen molar-refractivity contribution in [1.82, 2.24) is 9.80 Å². The first kappa shape index (κ1) is 17.9. The van der Waals surface area contributed by atoms with Crippen molar-refractivity contribution in [2.45, 2.75) is 12.8 Å². The van der Waals surface area contributed by atoms with E-state index in [1.807, 2.05) is 29.2 Å². The van der Waals surface area contributed by atoms with Crippen LogP contribution in [0.25, 0.3) is 0 Å². The molecule has 1 aromatic carbocycles. The molecule has 2 aliphatic heterocycles. The van der Waals surface area contributed by atoms with E-state index in [2.05, 4.69) is 4.90 Å². The summed E-state index contributed by atoms with van der Waals surface area (Å²) in [6.07, 6.45) is 1.45. The topological polar surface area (TPSA) is 43.9 Å². The summed E-state index contributed by atoms with van der Waals surface area (Å²) in [7, 11) is 0. The van der Waals surface area contributed by atoms with Gasteiger partial charge in [0.2, 0.25) is 11.8 Å². The van der Waals surface area contributed by atoms with E-state index in [1.165, 1.54) is 0 Å². The molecule has 23 heavy (non-hydrogen) atoms. The van der Waals surface area contributed by atoms with Crippen LogP contribution in [0.15, 0.2) is 24.3 Å². The van der Waals surface area contributed by atoms with Crippen LogP contribution in [0.1, 0.15) is 12.8 Å². The normalized spacial score (nSPS) is 18.1. The van der Waals surface area contributed by atoms with E-state index >= 15 is 0 Å². The number of hydrogen-bond acceptors (Lipinski definition) is 3. The number of amides is 2. The van der Waals surface area contributed by atoms with Crippen LogP contribution in [-0.2, 0) is 9.59 Å². The molecular weight excluding hydrogens is 337 g/mol. The number of halogens is 2. The molecule has 2 aliphatic rings. The fourth-order valence-corrected chi connectivity index (χ4v) is 3.21. The van der Waals surface area contributed by atoms with Crippen LogP contribution in [0.4, 0.5) is 5.69 Å². The van der Waals surface area contributed by atoms with Crippen molar-refractivity contribution in [3.05, 3.63) is 29.3 Å². The molecule has 0 saturated carbocycles. The van der Waals surface area contributed by atoms with Crippen LogP contribution in [0.5, 0.6) is 0 Å². The molecule has 2 saturated heterocycles. The summed E-state index contributed by atoms with van der Waals surface area (Å²) < 4.78 is 0. The van der Waals surface area contributed by atoms with Crippen LogP contribution in [0, 0.1) is 0 Å². The van der Waals surface area contributed by atoms with E-state index in [1.54, 1.807) is 4.90 Å². The first-order valence-corrected chi connectivity index (χ1v) is 8.07. The SMILES string of the molecule is Cl.O=C(CN1CCCC1=O)N1CCN(c2cccc(Cl)c2)CC1. The average molecular weight is 358 g/mol. The smallest absolute Gasteiger partial charge is 0.242 e. The first-order valence-electron chi connectivity index (χ1n) is 7.69. The molecule has 5 nitrogen and oxygen atoms in total. The second-order valence-corrected chi connectivity index (χ2v) is 6.20. The number of rotatable bonds is 3. The van der Waals surface area contributed by atoms with Gasteiger partial charge in [-0.1, -0.05) is 17.7 Å². The molecule has 0 atom stereocenters. The van der Waals surface area contributed by atoms with Crippen molar-refractivity contribution in [2.75, 3.05) is 44.2 Å². The predicted octanol–water partition coefficient (Wildman–Crippen LogP) is 2.03. The van der Waals surface area contributed by atoms with E-state index in [0.717, 1.165) is 30.2 Å². The minimum atomic E-state index is 0. The highest BCUT2D eigenvalue weighted by Crippen LogP contribution is 2.21. The van der Waals surface area contributed by atoms with Gasteiger partial charge in [0.1, 0.15) is 0 Å². The Balaban J connectivity index is 0.00000192. The van der Waals surface area contributed by atoms with Gasteiger partial charge in [-0.2, -0.15) is 0 Å². The molecule has 0 aromatic heterocycles. The van der Waals surface area contributed by atoms with Crippen LogP contribution in [0.2, 0.25) is 5.02 Å². The van der Waals surface area contributed by atoms with Gasteiger partial charge in [0.25, 0.3) is 0 Å². The largest absolute Gasteiger partial charge is 0.368 e. The molecule has 0 N–H and O–H groups in total. The number of carbonyl (C=O) groups is 2. The lowest BCUT2D eigenvalue weighted by molar-refractivity contribution is -0.138. The number of hydrogen-bond donors (Lipinski definition) is 0. The van der Waals surface area contributed by atoms with Gasteiger partial charge in [0, 0.05) is 49.9 Å². The summed E-state index contributed by atoms with van der Waals surface area (Å²) in [6, 6.07) is 7.78. The summed E-state index contributed by atoms with van der Waals surface area (Å²) in [5, 5.41) is 0.726. The molecule has 126 valence electrons. The number of benzene rings is 1. The van der Waals surface area contributed by atoms with Gasteiger partial charge < -0.3 is 14.7 Å². The zero-order valence-corrected chi connectivity index (χ0v) is 14.5. The van der Waals surface area contributed by atoms with E-state index in [9.17, 15) is 9.59 Å². The number of piperazine rings is 1. The summed E-state index contributed by atoms with van der Waals surface area (Å²) >= 11 is 6.02. The second kappa shape index (κ2) is 7.88. The maximum absolute atomic E-state index is 12.3. The lowest BCUT2D eigenvalue weighted by Gasteiger charge is -2.36. The Labute approximate surface area is 147 Å². The Hall–Kier alpha value is -1.46. The Bertz CT molecular complexity index is 574. The molecule has 0 aliphatic carbocycles. The van der Waals surface area contributed by atoms with Crippen LogP contribution >= 0.6 is 24.0 Å². The van der Waals surface area contributed by atoms with Crippen molar-refractivity contribution in [3.8, 4) is 0 Å². The Morgan fingerprint density at radius 3 is 2.48 bits per heavy atom. The van der Waals surface area contributed by atoms with E-state index < -0.39 is 0 Å². The first-order chi connectivity index (χ1) is 10.6. The maximum atomic E-state index is 12.3. The van der Waals surface area contributed by atoms with Crippen LogP contribution < -0.4 is 4.90 Å². The van der Waals surface area contributed by atoms with Gasteiger partial charge in [0.05, 0.1) is 6.54 Å². The third-order valence-electron chi connectivity index (χ3n) is 4.30. The van der Waals surface area contributed by atoms with Gasteiger partial charge in [0.15, 0.2) is 0 Å². The van der Waals surface area contributed by atoms with Crippen molar-refractivity contribution >= 4 is 41.5 Å². The Morgan fingerprint density at radius 2 is 1.87 bits per heavy atom. The quantitative estimate of drug-likeness (QED) is 0.831. The van der Waals surface area contributed by atoms with Gasteiger partial charge in [-0.05, 0) is 24.6 Å².